The van der Waals surface area contributed by atoms with Gasteiger partial charge in [-0.05, 0) is 32.0 Å². The number of fused-ring (bicyclic) bond motifs is 1. The Morgan fingerprint density at radius 1 is 1.12 bits per heavy atom. The maximum absolute atomic E-state index is 6.02. The van der Waals surface area contributed by atoms with Gasteiger partial charge in [-0.15, -0.1) is 0 Å². The third-order valence-electron chi connectivity index (χ3n) is 3.96. The van der Waals surface area contributed by atoms with E-state index >= 15 is 0 Å². The van der Waals surface area contributed by atoms with Crippen LogP contribution in [0.15, 0.2) is 24.3 Å². The average molecular weight is 455 g/mol. The van der Waals surface area contributed by atoms with Crippen LogP contribution in [0.5, 0.6) is 5.75 Å². The maximum atomic E-state index is 6.02. The van der Waals surface area contributed by atoms with Gasteiger partial charge >= 0.3 is 0 Å². The summed E-state index contributed by atoms with van der Waals surface area (Å²) >= 11 is 5.27. The van der Waals surface area contributed by atoms with E-state index in [1.165, 1.54) is 18.4 Å². The molecule has 1 aromatic rings. The minimum atomic E-state index is 0.152. The second kappa shape index (κ2) is 4.52. The first kappa shape index (κ1) is 12.5. The van der Waals surface area contributed by atoms with Crippen LogP contribution in [0.1, 0.15) is 18.4 Å². The van der Waals surface area contributed by atoms with Crippen LogP contribution < -0.4 is 10.1 Å². The molecular weight excluding hydrogens is 440 g/mol. The van der Waals surface area contributed by atoms with E-state index in [-0.39, 0.29) is 6.84 Å². The number of benzene rings is 1. The molecular formula is C13H15I2NO. The maximum Gasteiger partial charge on any atom is 0.124 e. The van der Waals surface area contributed by atoms with Crippen molar-refractivity contribution in [3.05, 3.63) is 29.8 Å². The lowest BCUT2D eigenvalue weighted by atomic mass is 9.73. The SMILES string of the molecule is IC1(I)c2ccccc2OCC12CCNCC2. The Hall–Kier alpha value is 0.440. The van der Waals surface area contributed by atoms with Crippen LogP contribution in [-0.4, -0.2) is 19.7 Å². The Kier molecular flexibility index (Phi) is 3.32. The Morgan fingerprint density at radius 3 is 2.59 bits per heavy atom. The van der Waals surface area contributed by atoms with E-state index in [2.05, 4.69) is 74.8 Å². The van der Waals surface area contributed by atoms with Crippen molar-refractivity contribution in [3.63, 3.8) is 0 Å². The van der Waals surface area contributed by atoms with Crippen molar-refractivity contribution in [2.24, 2.45) is 5.41 Å². The highest BCUT2D eigenvalue weighted by Gasteiger charge is 2.53. The normalized spacial score (nSPS) is 25.1. The molecule has 17 heavy (non-hydrogen) atoms. The van der Waals surface area contributed by atoms with Crippen LogP contribution in [-0.2, 0) is 1.43 Å². The lowest BCUT2D eigenvalue weighted by molar-refractivity contribution is 0.0811. The molecule has 0 aliphatic carbocycles. The monoisotopic (exact) mass is 455 g/mol. The van der Waals surface area contributed by atoms with Gasteiger partial charge in [-0.1, -0.05) is 63.4 Å². The third-order valence-corrected chi connectivity index (χ3v) is 7.41. The molecule has 1 aromatic carbocycles. The fraction of sp³-hybridized carbons (Fsp3) is 0.538. The average Bonchev–Trinajstić information content (AvgIpc) is 2.36. The zero-order valence-electron chi connectivity index (χ0n) is 9.51. The van der Waals surface area contributed by atoms with Crippen LogP contribution in [0.2, 0.25) is 0 Å². The molecule has 0 radical (unpaired) electrons. The molecule has 2 aliphatic rings. The predicted molar refractivity (Wildman–Crippen MR) is 86.2 cm³/mol. The molecule has 1 spiro atoms. The predicted octanol–water partition coefficient (Wildman–Crippen LogP) is 3.47. The molecule has 4 heteroatoms. The minimum Gasteiger partial charge on any atom is -0.493 e. The summed E-state index contributed by atoms with van der Waals surface area (Å²) in [5.41, 5.74) is 1.64. The van der Waals surface area contributed by atoms with Gasteiger partial charge in [-0.25, -0.2) is 0 Å². The van der Waals surface area contributed by atoms with Crippen LogP contribution in [0, 0.1) is 5.41 Å². The number of alkyl halides is 2. The highest BCUT2D eigenvalue weighted by Crippen LogP contribution is 2.61. The van der Waals surface area contributed by atoms with Gasteiger partial charge in [0.1, 0.15) is 7.18 Å². The molecule has 2 heterocycles. The van der Waals surface area contributed by atoms with E-state index in [0.717, 1.165) is 25.4 Å². The summed E-state index contributed by atoms with van der Waals surface area (Å²) in [7, 11) is 0. The van der Waals surface area contributed by atoms with Crippen molar-refractivity contribution in [1.29, 1.82) is 0 Å². The molecule has 0 atom stereocenters. The second-order valence-electron chi connectivity index (χ2n) is 4.89. The lowest BCUT2D eigenvalue weighted by Crippen LogP contribution is -2.51. The summed E-state index contributed by atoms with van der Waals surface area (Å²) in [6, 6.07) is 8.49. The number of rotatable bonds is 0. The van der Waals surface area contributed by atoms with Gasteiger partial charge in [0.05, 0.1) is 6.61 Å². The standard InChI is InChI=1S/C13H15I2NO/c14-13(15)10-3-1-2-4-11(10)17-9-12(13)5-7-16-8-6-12/h1-4,16H,5-9H2. The Labute approximate surface area is 129 Å². The van der Waals surface area contributed by atoms with Crippen molar-refractivity contribution in [2.75, 3.05) is 19.7 Å². The van der Waals surface area contributed by atoms with Crippen LogP contribution in [0.3, 0.4) is 0 Å². The molecule has 1 N–H and O–H groups in total. The first-order chi connectivity index (χ1) is 8.16. The summed E-state index contributed by atoms with van der Waals surface area (Å²) in [5.74, 6) is 1.07. The number of nitrogens with one attached hydrogen (secondary N) is 1. The van der Waals surface area contributed by atoms with Gasteiger partial charge in [0.2, 0.25) is 0 Å². The minimum absolute atomic E-state index is 0.152. The van der Waals surface area contributed by atoms with Crippen LogP contribution in [0.4, 0.5) is 0 Å². The quantitative estimate of drug-likeness (QED) is 0.478. The van der Waals surface area contributed by atoms with E-state index in [9.17, 15) is 0 Å². The fourth-order valence-corrected chi connectivity index (χ4v) is 5.09. The zero-order chi connectivity index (χ0) is 11.9. The van der Waals surface area contributed by atoms with Gasteiger partial charge in [0.15, 0.2) is 0 Å². The summed E-state index contributed by atoms with van der Waals surface area (Å²) in [6.07, 6.45) is 2.40. The Bertz CT molecular complexity index is 427. The van der Waals surface area contributed by atoms with Crippen LogP contribution >= 0.6 is 45.2 Å². The number of piperidine rings is 1. The van der Waals surface area contributed by atoms with Crippen molar-refractivity contribution in [2.45, 2.75) is 14.3 Å². The molecule has 0 bridgehead atoms. The Morgan fingerprint density at radius 2 is 1.82 bits per heavy atom. The van der Waals surface area contributed by atoms with E-state index < -0.39 is 0 Å². The summed E-state index contributed by atoms with van der Waals surface area (Å²) < 4.78 is 6.17. The van der Waals surface area contributed by atoms with Gasteiger partial charge < -0.3 is 10.1 Å². The molecule has 1 saturated heterocycles. The topological polar surface area (TPSA) is 21.3 Å². The van der Waals surface area contributed by atoms with Crippen LogP contribution in [0.25, 0.3) is 0 Å². The number of hydrogen-bond acceptors (Lipinski definition) is 2. The first-order valence-corrected chi connectivity index (χ1v) is 8.12. The second-order valence-corrected chi connectivity index (χ2v) is 10.2. The molecule has 0 amide bonds. The van der Waals surface area contributed by atoms with Gasteiger partial charge in [0, 0.05) is 11.0 Å². The van der Waals surface area contributed by atoms with Crippen molar-refractivity contribution in [3.8, 4) is 5.75 Å². The molecule has 0 saturated carbocycles. The zero-order valence-corrected chi connectivity index (χ0v) is 13.8. The first-order valence-electron chi connectivity index (χ1n) is 5.97. The lowest BCUT2D eigenvalue weighted by Gasteiger charge is -2.50. The number of ether oxygens (including phenoxy) is 1. The molecule has 2 aliphatic heterocycles. The number of para-hydroxylation sites is 1. The fourth-order valence-electron chi connectivity index (χ4n) is 2.81. The molecule has 0 unspecified atom stereocenters. The van der Waals surface area contributed by atoms with E-state index in [1.54, 1.807) is 0 Å². The van der Waals surface area contributed by atoms with Gasteiger partial charge in [0.25, 0.3) is 0 Å². The van der Waals surface area contributed by atoms with Gasteiger partial charge in [-0.2, -0.15) is 0 Å². The number of hydrogen-bond donors (Lipinski definition) is 1. The molecule has 3 rings (SSSR count). The highest BCUT2D eigenvalue weighted by atomic mass is 127. The molecule has 1 fully saturated rings. The molecule has 92 valence electrons. The molecule has 0 aromatic heterocycles. The molecule has 2 nitrogen and oxygen atoms in total. The van der Waals surface area contributed by atoms with Crippen molar-refractivity contribution < 1.29 is 4.74 Å². The van der Waals surface area contributed by atoms with Crippen molar-refractivity contribution in [1.82, 2.24) is 5.32 Å². The van der Waals surface area contributed by atoms with E-state index in [4.69, 9.17) is 4.74 Å². The summed E-state index contributed by atoms with van der Waals surface area (Å²) in [6.45, 7) is 3.08. The third kappa shape index (κ3) is 1.90. The van der Waals surface area contributed by atoms with E-state index in [1.807, 2.05) is 0 Å². The Balaban J connectivity index is 2.06. The smallest absolute Gasteiger partial charge is 0.124 e. The number of halogens is 2. The van der Waals surface area contributed by atoms with E-state index in [0.29, 0.717) is 0 Å². The summed E-state index contributed by atoms with van der Waals surface area (Å²) in [4.78, 5) is 0. The largest absolute Gasteiger partial charge is 0.493 e. The summed E-state index contributed by atoms with van der Waals surface area (Å²) in [5, 5.41) is 3.46. The highest BCUT2D eigenvalue weighted by molar-refractivity contribution is 14.2. The van der Waals surface area contributed by atoms with Gasteiger partial charge in [-0.3, -0.25) is 0 Å². The van der Waals surface area contributed by atoms with Crippen molar-refractivity contribution >= 4 is 45.2 Å².